The Morgan fingerprint density at radius 2 is 1.67 bits per heavy atom. The fourth-order valence-corrected chi connectivity index (χ4v) is 19.1. The molecule has 5 aliphatic carbocycles. The second-order valence-electron chi connectivity index (χ2n) is 30.7. The minimum Gasteiger partial charge on any atom is -0.493 e. The van der Waals surface area contributed by atoms with Gasteiger partial charge in [-0.3, -0.25) is 19.1 Å². The lowest BCUT2D eigenvalue weighted by atomic mass is 9.39. The Labute approximate surface area is 574 Å². The number of nitrogens with zero attached hydrogens (tertiary/aromatic N) is 10. The predicted molar refractivity (Wildman–Crippen MR) is 373 cm³/mol. The topological polar surface area (TPSA) is 255 Å². The van der Waals surface area contributed by atoms with Crippen molar-refractivity contribution in [2.24, 2.45) is 21.7 Å². The number of aromatic carboxylic acids is 1. The molecular weight excluding hydrogens is 1270 g/mol. The van der Waals surface area contributed by atoms with E-state index in [9.17, 15) is 33.8 Å². The van der Waals surface area contributed by atoms with Crippen molar-refractivity contribution in [2.75, 3.05) is 56.7 Å². The van der Waals surface area contributed by atoms with E-state index in [0.717, 1.165) is 150 Å². The number of likely N-dealkylation sites (tertiary alicyclic amines) is 1. The van der Waals surface area contributed by atoms with Gasteiger partial charge in [0.2, 0.25) is 11.8 Å². The van der Waals surface area contributed by atoms with E-state index in [4.69, 9.17) is 29.6 Å². The van der Waals surface area contributed by atoms with Crippen LogP contribution >= 0.6 is 22.7 Å². The second kappa shape index (κ2) is 26.6. The number of carboxylic acid groups (broad SMARTS) is 1. The molecule has 6 fully saturated rings. The van der Waals surface area contributed by atoms with Crippen LogP contribution < -0.4 is 25.6 Å². The van der Waals surface area contributed by atoms with Crippen LogP contribution in [0.4, 0.5) is 27.0 Å². The summed E-state index contributed by atoms with van der Waals surface area (Å²) in [6, 6.07) is 15.6. The van der Waals surface area contributed by atoms with E-state index < -0.39 is 53.0 Å². The number of aliphatic hydroxyl groups is 1. The normalized spacial score (nSPS) is 24.2. The molecule has 2 unspecified atom stereocenters. The van der Waals surface area contributed by atoms with Crippen LogP contribution in [0.2, 0.25) is 0 Å². The van der Waals surface area contributed by atoms with Gasteiger partial charge in [0.1, 0.15) is 23.7 Å². The quantitative estimate of drug-likeness (QED) is 0.0316. The largest absolute Gasteiger partial charge is 0.493 e. The number of hydrogen-bond acceptors (Lipinski definition) is 18. The Bertz CT molecular complexity index is 4090. The average Bonchev–Trinajstić information content (AvgIpc) is 1.36. The number of nitrogens with one attached hydrogen (secondary N) is 3. The lowest BCUT2D eigenvalue weighted by Gasteiger charge is -2.69. The SMILES string of the molecule is Cc1ncsc1-c1ccc(CNC(=O)[C@@H]2C[C@@H](O)CN2C(=O)[C@@H](NC(=O)C2(F)CC2)C(C)(C)C)c(OCCCCCCN(C)CCOC23CC4(C)CC(C)(CC(Cn5ncc(-c6ccc(N7CCCc8c7nnc(Nc7nc9ccccc9s7)c8C)nc6C(=O)O)c5C)(C4)C2)C3)c1. The first-order valence-corrected chi connectivity index (χ1v) is 36.2. The van der Waals surface area contributed by atoms with Crippen LogP contribution in [-0.2, 0) is 38.6 Å². The van der Waals surface area contributed by atoms with Crippen molar-refractivity contribution in [1.29, 1.82) is 0 Å². The number of halogens is 1. The zero-order valence-electron chi connectivity index (χ0n) is 57.4. The zero-order valence-corrected chi connectivity index (χ0v) is 59.0. The number of amides is 3. The molecule has 7 aliphatic rings. The van der Waals surface area contributed by atoms with Crippen LogP contribution in [0.3, 0.4) is 0 Å². The van der Waals surface area contributed by atoms with Gasteiger partial charge in [-0.05, 0) is 169 Å². The molecular formula is C73H92FN13O8S2. The van der Waals surface area contributed by atoms with Crippen LogP contribution in [-0.4, -0.2) is 155 Å². The number of carbonyl (C=O) groups is 4. The number of hydrogen-bond donors (Lipinski definition) is 5. The smallest absolute Gasteiger partial charge is 0.355 e. The molecule has 24 heteroatoms. The number of para-hydroxylation sites is 1. The summed E-state index contributed by atoms with van der Waals surface area (Å²) in [5.74, 6) is -0.415. The summed E-state index contributed by atoms with van der Waals surface area (Å²) in [4.78, 5) is 74.8. The number of aryl methyl sites for hydroxylation is 1. The highest BCUT2D eigenvalue weighted by atomic mass is 32.1. The van der Waals surface area contributed by atoms with E-state index >= 15 is 0 Å². The van der Waals surface area contributed by atoms with E-state index in [1.165, 1.54) is 11.3 Å². The number of β-amino-alcohol motifs (C(OH)–C–C–N with tert-alkyl or cyclic N) is 1. The molecule has 21 nitrogen and oxygen atoms in total. The lowest BCUT2D eigenvalue weighted by Crippen LogP contribution is -2.64. The molecule has 5 aromatic heterocycles. The number of unbranched alkanes of at least 4 members (excludes halogenated alkanes) is 3. The van der Waals surface area contributed by atoms with Gasteiger partial charge in [0.15, 0.2) is 28.1 Å². The highest BCUT2D eigenvalue weighted by molar-refractivity contribution is 7.22. The van der Waals surface area contributed by atoms with Gasteiger partial charge < -0.3 is 50.3 Å². The third kappa shape index (κ3) is 14.3. The number of alkyl halides is 1. The minimum absolute atomic E-state index is 0.0268. The van der Waals surface area contributed by atoms with Gasteiger partial charge in [-0.25, -0.2) is 24.1 Å². The third-order valence-corrected chi connectivity index (χ3v) is 23.2. The van der Waals surface area contributed by atoms with E-state index in [0.29, 0.717) is 48.5 Å². The van der Waals surface area contributed by atoms with Gasteiger partial charge in [0.05, 0.1) is 57.4 Å². The number of carboxylic acids is 1. The van der Waals surface area contributed by atoms with Gasteiger partial charge in [-0.1, -0.05) is 83.1 Å². The molecule has 5 N–H and O–H groups in total. The van der Waals surface area contributed by atoms with E-state index in [2.05, 4.69) is 63.4 Å². The number of fused-ring (bicyclic) bond motifs is 2. The van der Waals surface area contributed by atoms with Crippen LogP contribution in [0.5, 0.6) is 5.75 Å². The van der Waals surface area contributed by atoms with Crippen molar-refractivity contribution in [3.05, 3.63) is 100 Å². The summed E-state index contributed by atoms with van der Waals surface area (Å²) in [6.07, 6.45) is 13.1. The summed E-state index contributed by atoms with van der Waals surface area (Å²) < 4.78 is 31.7. The predicted octanol–water partition coefficient (Wildman–Crippen LogP) is 12.2. The molecule has 1 saturated heterocycles. The van der Waals surface area contributed by atoms with Crippen molar-refractivity contribution in [1.82, 2.24) is 55.4 Å². The fraction of sp³-hybridized carbons (Fsp3) is 0.562. The highest BCUT2D eigenvalue weighted by Gasteiger charge is 2.66. The molecule has 0 spiro atoms. The molecule has 7 aromatic rings. The Morgan fingerprint density at radius 1 is 0.897 bits per heavy atom. The fourth-order valence-electron chi connectivity index (χ4n) is 17.4. The number of pyridine rings is 1. The van der Waals surface area contributed by atoms with Crippen LogP contribution in [0.1, 0.15) is 163 Å². The molecule has 7 heterocycles. The number of carbonyl (C=O) groups excluding carboxylic acids is 3. The van der Waals surface area contributed by atoms with Crippen LogP contribution in [0.15, 0.2) is 66.3 Å². The number of anilines is 4. The maximum absolute atomic E-state index is 14.8. The molecule has 3 amide bonds. The molecule has 516 valence electrons. The maximum atomic E-state index is 14.8. The van der Waals surface area contributed by atoms with Gasteiger partial charge in [-0.2, -0.15) is 5.10 Å². The Hall–Kier alpha value is -7.51. The molecule has 4 bridgehead atoms. The highest BCUT2D eigenvalue weighted by Crippen LogP contribution is 2.72. The number of benzene rings is 2. The molecule has 14 rings (SSSR count). The Morgan fingerprint density at radius 3 is 2.40 bits per heavy atom. The number of thiazole rings is 2. The molecule has 2 aliphatic heterocycles. The number of aliphatic hydroxyl groups excluding tert-OH is 1. The summed E-state index contributed by atoms with van der Waals surface area (Å²) in [5.41, 5.74) is 6.82. The molecule has 0 radical (unpaired) electrons. The lowest BCUT2D eigenvalue weighted by molar-refractivity contribution is -0.248. The maximum Gasteiger partial charge on any atom is 0.355 e. The van der Waals surface area contributed by atoms with E-state index in [1.54, 1.807) is 43.4 Å². The average molecular weight is 1360 g/mol. The molecule has 5 saturated carbocycles. The third-order valence-electron chi connectivity index (χ3n) is 21.2. The number of rotatable bonds is 26. The first kappa shape index (κ1) is 68.0. The second-order valence-corrected chi connectivity index (χ2v) is 32.6. The number of ether oxygens (including phenoxy) is 2. The molecule has 2 aromatic carbocycles. The monoisotopic (exact) mass is 1360 g/mol. The van der Waals surface area contributed by atoms with Gasteiger partial charge in [-0.15, -0.1) is 21.5 Å². The zero-order chi connectivity index (χ0) is 68.4. The summed E-state index contributed by atoms with van der Waals surface area (Å²) in [6.45, 7) is 20.6. The van der Waals surface area contributed by atoms with E-state index in [-0.39, 0.29) is 59.9 Å². The summed E-state index contributed by atoms with van der Waals surface area (Å²) >= 11 is 3.11. The van der Waals surface area contributed by atoms with Crippen molar-refractivity contribution < 1.29 is 43.3 Å². The van der Waals surface area contributed by atoms with Gasteiger partial charge >= 0.3 is 5.97 Å². The van der Waals surface area contributed by atoms with Crippen molar-refractivity contribution in [3.63, 3.8) is 0 Å². The van der Waals surface area contributed by atoms with Crippen molar-refractivity contribution >= 4 is 79.2 Å². The van der Waals surface area contributed by atoms with Crippen LogP contribution in [0, 0.1) is 42.4 Å². The Balaban J connectivity index is 0.594. The summed E-state index contributed by atoms with van der Waals surface area (Å²) in [5, 5.41) is 45.7. The first-order valence-electron chi connectivity index (χ1n) is 34.5. The van der Waals surface area contributed by atoms with Crippen LogP contribution in [0.25, 0.3) is 31.8 Å². The van der Waals surface area contributed by atoms with E-state index in [1.807, 2.05) is 85.1 Å². The number of aromatic nitrogens is 7. The number of likely N-dealkylation sites (N-methyl/N-ethyl adjacent to an activating group) is 1. The standard InChI is InChI=1S/C73H92FN13O8S2/c1-44-50-17-16-27-85(62(50)83-82-61(44)81-67-78-53-18-12-13-19-56(53)97-67)57-23-22-51(58(79-57)65(91)92)52-34-77-87(46(52)3)42-71-37-69(7)36-70(8,38-71)40-72(39-69,41-71)95-30-28-84(9)26-14-10-11-15-29-94-55-31-47(59-45(2)76-43-96-59)20-21-48(55)33-75-63(89)54-32-49(88)35-86(54)64(90)60(68(4,5)6)80-66(93)73(74)24-25-73/h12-13,18-23,31,34,43,49,54,60,88H,10-11,14-17,24-30,32-33,35-42H2,1-9H3,(H,75,89)(H,80,93)(H,91,92)(H,78,81,82)/t49-,54+,60-,69?,70?,71?,72?/m1/s1. The first-order chi connectivity index (χ1) is 46.2. The van der Waals surface area contributed by atoms with Gasteiger partial charge in [0.25, 0.3) is 5.91 Å². The minimum atomic E-state index is -1.98. The molecule has 5 atom stereocenters. The van der Waals surface area contributed by atoms with Crippen molar-refractivity contribution in [3.8, 4) is 27.3 Å². The Kier molecular flexibility index (Phi) is 18.7. The van der Waals surface area contributed by atoms with Gasteiger partial charge in [0, 0.05) is 72.7 Å². The molecule has 97 heavy (non-hydrogen) atoms. The summed E-state index contributed by atoms with van der Waals surface area (Å²) in [7, 11) is 2.18. The van der Waals surface area contributed by atoms with Crippen molar-refractivity contribution in [2.45, 2.75) is 194 Å².